The van der Waals surface area contributed by atoms with Gasteiger partial charge in [0.05, 0.1) is 16.7 Å². The van der Waals surface area contributed by atoms with Crippen molar-refractivity contribution in [3.8, 4) is 0 Å². The number of imide groups is 2. The molecule has 1 aliphatic carbocycles. The van der Waals surface area contributed by atoms with Crippen molar-refractivity contribution >= 4 is 46.7 Å². The van der Waals surface area contributed by atoms with E-state index in [4.69, 9.17) is 0 Å². The number of allylic oxidation sites excluding steroid dienone is 2. The summed E-state index contributed by atoms with van der Waals surface area (Å²) in [4.78, 5) is 63.8. The Morgan fingerprint density at radius 2 is 1.72 bits per heavy atom. The van der Waals surface area contributed by atoms with E-state index in [1.54, 1.807) is 6.07 Å². The van der Waals surface area contributed by atoms with E-state index in [0.717, 1.165) is 9.80 Å². The maximum absolute atomic E-state index is 13.8. The van der Waals surface area contributed by atoms with Crippen LogP contribution in [-0.2, 0) is 19.2 Å². The Bertz CT molecular complexity index is 1040. The minimum absolute atomic E-state index is 0.0332. The van der Waals surface area contributed by atoms with Gasteiger partial charge in [0.1, 0.15) is 12.4 Å². The molecule has 0 aromatic heterocycles. The van der Waals surface area contributed by atoms with Crippen molar-refractivity contribution in [2.75, 3.05) is 19.6 Å². The molecule has 1 N–H and O–H groups in total. The first-order chi connectivity index (χ1) is 15.4. The summed E-state index contributed by atoms with van der Waals surface area (Å²) in [6.07, 6.45) is 6.04. The van der Waals surface area contributed by atoms with Gasteiger partial charge in [-0.1, -0.05) is 30.4 Å². The van der Waals surface area contributed by atoms with Gasteiger partial charge in [-0.3, -0.25) is 33.8 Å². The highest BCUT2D eigenvalue weighted by molar-refractivity contribution is 8.18. The van der Waals surface area contributed by atoms with Gasteiger partial charge in [0.15, 0.2) is 0 Å². The second-order valence-electron chi connectivity index (χ2n) is 7.62. The molecule has 0 spiro atoms. The van der Waals surface area contributed by atoms with Crippen LogP contribution >= 0.6 is 11.8 Å². The molecule has 2 saturated heterocycles. The number of fused-ring (bicyclic) bond motifs is 1. The van der Waals surface area contributed by atoms with Gasteiger partial charge in [-0.05, 0) is 36.7 Å². The lowest BCUT2D eigenvalue weighted by atomic mass is 9.85. The number of carbonyl (C=O) groups is 5. The molecular weight excluding hydrogens is 437 g/mol. The third kappa shape index (κ3) is 4.22. The lowest BCUT2D eigenvalue weighted by molar-refractivity contribution is -0.143. The molecular formula is C22H20FN3O5S. The second kappa shape index (κ2) is 9.07. The van der Waals surface area contributed by atoms with Gasteiger partial charge in [0.2, 0.25) is 17.7 Å². The van der Waals surface area contributed by atoms with E-state index >= 15 is 0 Å². The summed E-state index contributed by atoms with van der Waals surface area (Å²) in [5, 5.41) is 2.02. The number of carbonyl (C=O) groups excluding carboxylic acids is 5. The molecule has 0 saturated carbocycles. The Labute approximate surface area is 187 Å². The second-order valence-corrected chi connectivity index (χ2v) is 8.62. The van der Waals surface area contributed by atoms with Gasteiger partial charge in [-0.15, -0.1) is 0 Å². The zero-order chi connectivity index (χ0) is 22.8. The van der Waals surface area contributed by atoms with Crippen molar-refractivity contribution in [2.45, 2.75) is 12.8 Å². The summed E-state index contributed by atoms with van der Waals surface area (Å²) in [5.41, 5.74) is 0.196. The smallest absolute Gasteiger partial charge is 0.293 e. The summed E-state index contributed by atoms with van der Waals surface area (Å²) >= 11 is 0.698. The van der Waals surface area contributed by atoms with Gasteiger partial charge < -0.3 is 5.32 Å². The number of amides is 5. The zero-order valence-corrected chi connectivity index (χ0v) is 17.8. The molecule has 0 bridgehead atoms. The number of likely N-dealkylation sites (tertiary alicyclic amines) is 1. The topological polar surface area (TPSA) is 104 Å². The van der Waals surface area contributed by atoms with Crippen molar-refractivity contribution in [3.05, 3.63) is 52.7 Å². The van der Waals surface area contributed by atoms with Gasteiger partial charge in [0, 0.05) is 18.7 Å². The molecule has 2 heterocycles. The van der Waals surface area contributed by atoms with Crippen LogP contribution in [0.25, 0.3) is 6.08 Å². The van der Waals surface area contributed by atoms with Crippen LogP contribution < -0.4 is 5.32 Å². The molecule has 166 valence electrons. The molecule has 2 atom stereocenters. The van der Waals surface area contributed by atoms with E-state index in [1.165, 1.54) is 24.3 Å². The van der Waals surface area contributed by atoms with Crippen molar-refractivity contribution in [2.24, 2.45) is 11.8 Å². The normalized spacial score (nSPS) is 24.0. The number of halogens is 1. The molecule has 0 radical (unpaired) electrons. The van der Waals surface area contributed by atoms with Gasteiger partial charge in [0.25, 0.3) is 11.1 Å². The molecule has 5 amide bonds. The number of hydrogen-bond acceptors (Lipinski definition) is 6. The first-order valence-corrected chi connectivity index (χ1v) is 11.0. The van der Waals surface area contributed by atoms with Gasteiger partial charge in [-0.25, -0.2) is 4.39 Å². The standard InChI is InChI=1S/C22H20FN3O5S/c23-16-8-4-1-5-13(16)11-17-21(30)25(22(31)32-17)10-9-24-18(27)12-26-19(28)14-6-2-3-7-15(14)20(26)29/h1-5,8,11,14-15H,6-7,9-10,12H2,(H,24,27)/b17-11-/t14-,15-/m1/s1. The Balaban J connectivity index is 1.30. The first-order valence-electron chi connectivity index (χ1n) is 10.1. The lowest BCUT2D eigenvalue weighted by Crippen LogP contribution is -2.43. The molecule has 0 unspecified atom stereocenters. The summed E-state index contributed by atoms with van der Waals surface area (Å²) in [5.74, 6) is -3.12. The highest BCUT2D eigenvalue weighted by atomic mass is 32.2. The molecule has 2 aliphatic heterocycles. The molecule has 3 aliphatic rings. The maximum Gasteiger partial charge on any atom is 0.293 e. The number of nitrogens with zero attached hydrogens (tertiary/aromatic N) is 2. The van der Waals surface area contributed by atoms with Crippen LogP contribution in [-0.4, -0.2) is 58.3 Å². The Morgan fingerprint density at radius 3 is 2.38 bits per heavy atom. The minimum Gasteiger partial charge on any atom is -0.353 e. The SMILES string of the molecule is O=C(CN1C(=O)[C@@H]2CC=CC[C@H]2C1=O)NCCN1C(=O)S/C(=C\c2ccccc2F)C1=O. The van der Waals surface area contributed by atoms with Crippen LogP contribution in [0, 0.1) is 17.7 Å². The highest BCUT2D eigenvalue weighted by Gasteiger charge is 2.47. The summed E-state index contributed by atoms with van der Waals surface area (Å²) < 4.78 is 13.8. The fraction of sp³-hybridized carbons (Fsp3) is 0.318. The fourth-order valence-electron chi connectivity index (χ4n) is 3.96. The summed E-state index contributed by atoms with van der Waals surface area (Å²) in [6, 6.07) is 5.90. The minimum atomic E-state index is -0.570. The Hall–Kier alpha value is -3.27. The van der Waals surface area contributed by atoms with Crippen LogP contribution in [0.3, 0.4) is 0 Å². The van der Waals surface area contributed by atoms with Gasteiger partial charge >= 0.3 is 0 Å². The predicted octanol–water partition coefficient (Wildman–Crippen LogP) is 1.93. The largest absolute Gasteiger partial charge is 0.353 e. The zero-order valence-electron chi connectivity index (χ0n) is 17.0. The van der Waals surface area contributed by atoms with Crippen LogP contribution in [0.15, 0.2) is 41.3 Å². The van der Waals surface area contributed by atoms with Crippen molar-refractivity contribution in [1.82, 2.24) is 15.1 Å². The van der Waals surface area contributed by atoms with Gasteiger partial charge in [-0.2, -0.15) is 0 Å². The predicted molar refractivity (Wildman–Crippen MR) is 114 cm³/mol. The van der Waals surface area contributed by atoms with E-state index in [-0.39, 0.29) is 41.9 Å². The van der Waals surface area contributed by atoms with Crippen LogP contribution in [0.4, 0.5) is 9.18 Å². The van der Waals surface area contributed by atoms with Crippen LogP contribution in [0.2, 0.25) is 0 Å². The average Bonchev–Trinajstić information content (AvgIpc) is 3.18. The average molecular weight is 457 g/mol. The molecule has 8 nitrogen and oxygen atoms in total. The van der Waals surface area contributed by atoms with E-state index in [2.05, 4.69) is 5.32 Å². The Kier molecular flexibility index (Phi) is 6.22. The fourth-order valence-corrected chi connectivity index (χ4v) is 4.81. The van der Waals surface area contributed by atoms with Crippen LogP contribution in [0.1, 0.15) is 18.4 Å². The number of nitrogens with one attached hydrogen (secondary N) is 1. The first kappa shape index (κ1) is 21.9. The van der Waals surface area contributed by atoms with E-state index < -0.39 is 34.7 Å². The number of thioether (sulfide) groups is 1. The Morgan fingerprint density at radius 1 is 1.06 bits per heavy atom. The molecule has 1 aromatic carbocycles. The lowest BCUT2D eigenvalue weighted by Gasteiger charge is -2.16. The third-order valence-electron chi connectivity index (χ3n) is 5.62. The summed E-state index contributed by atoms with van der Waals surface area (Å²) in [7, 11) is 0. The van der Waals surface area contributed by atoms with Crippen LogP contribution in [0.5, 0.6) is 0 Å². The molecule has 32 heavy (non-hydrogen) atoms. The van der Waals surface area contributed by atoms with Crippen molar-refractivity contribution in [1.29, 1.82) is 0 Å². The highest BCUT2D eigenvalue weighted by Crippen LogP contribution is 2.35. The number of benzene rings is 1. The molecule has 2 fully saturated rings. The summed E-state index contributed by atoms with van der Waals surface area (Å²) in [6.45, 7) is -0.504. The quantitative estimate of drug-likeness (QED) is 0.398. The molecule has 10 heteroatoms. The number of rotatable bonds is 6. The van der Waals surface area contributed by atoms with E-state index in [0.29, 0.717) is 24.6 Å². The van der Waals surface area contributed by atoms with E-state index in [9.17, 15) is 28.4 Å². The maximum atomic E-state index is 13.8. The third-order valence-corrected chi connectivity index (χ3v) is 6.53. The molecule has 1 aromatic rings. The van der Waals surface area contributed by atoms with Crippen molar-refractivity contribution < 1.29 is 28.4 Å². The van der Waals surface area contributed by atoms with E-state index in [1.807, 2.05) is 12.2 Å². The molecule has 4 rings (SSSR count). The number of hydrogen-bond donors (Lipinski definition) is 1. The monoisotopic (exact) mass is 457 g/mol. The van der Waals surface area contributed by atoms with Crippen molar-refractivity contribution in [3.63, 3.8) is 0 Å².